The Morgan fingerprint density at radius 1 is 1.00 bits per heavy atom. The summed E-state index contributed by atoms with van der Waals surface area (Å²) in [6, 6.07) is 13.2. The summed E-state index contributed by atoms with van der Waals surface area (Å²) in [5, 5.41) is 10.2. The van der Waals surface area contributed by atoms with Gasteiger partial charge in [-0.3, -0.25) is 4.79 Å². The maximum absolute atomic E-state index is 11.8. The van der Waals surface area contributed by atoms with Crippen LogP contribution in [0, 0.1) is 0 Å². The Labute approximate surface area is 130 Å². The third-order valence-corrected chi connectivity index (χ3v) is 2.93. The summed E-state index contributed by atoms with van der Waals surface area (Å²) in [6.45, 7) is 5.61. The molecule has 0 aliphatic carbocycles. The van der Waals surface area contributed by atoms with E-state index in [1.807, 2.05) is 63.2 Å². The van der Waals surface area contributed by atoms with Gasteiger partial charge in [-0.2, -0.15) is 0 Å². The van der Waals surface area contributed by atoms with Gasteiger partial charge in [0.25, 0.3) is 0 Å². The number of urea groups is 1. The zero-order valence-corrected chi connectivity index (χ0v) is 13.1. The highest BCUT2D eigenvalue weighted by atomic mass is 16.2. The average molecular weight is 299 g/mol. The molecule has 2 aromatic carbocycles. The summed E-state index contributed by atoms with van der Waals surface area (Å²) in [5.74, 6) is -0.221. The van der Waals surface area contributed by atoms with Crippen LogP contribution in [0.15, 0.2) is 42.5 Å². The van der Waals surface area contributed by atoms with Gasteiger partial charge in [0.2, 0.25) is 5.91 Å². The van der Waals surface area contributed by atoms with Gasteiger partial charge in [-0.25, -0.2) is 4.79 Å². The molecular weight excluding hydrogens is 278 g/mol. The number of hydrogen-bond donors (Lipinski definition) is 3. The summed E-state index contributed by atoms with van der Waals surface area (Å²) < 4.78 is 0. The van der Waals surface area contributed by atoms with Gasteiger partial charge in [0, 0.05) is 11.2 Å². The molecule has 0 spiro atoms. The first-order chi connectivity index (χ1) is 10.3. The zero-order chi connectivity index (χ0) is 16.2. The van der Waals surface area contributed by atoms with Crippen LogP contribution in [-0.2, 0) is 4.79 Å². The second-order valence-corrected chi connectivity index (χ2v) is 6.17. The Balaban J connectivity index is 1.89. The fourth-order valence-electron chi connectivity index (χ4n) is 2.07. The molecule has 0 saturated heterocycles. The Hall–Kier alpha value is -2.56. The second kappa shape index (κ2) is 6.47. The summed E-state index contributed by atoms with van der Waals surface area (Å²) in [4.78, 5) is 23.5. The molecule has 3 N–H and O–H groups in total. The van der Waals surface area contributed by atoms with Crippen LogP contribution < -0.4 is 16.0 Å². The first kappa shape index (κ1) is 15.8. The van der Waals surface area contributed by atoms with Crippen molar-refractivity contribution in [3.63, 3.8) is 0 Å². The Morgan fingerprint density at radius 3 is 2.36 bits per heavy atom. The molecule has 3 amide bonds. The zero-order valence-electron chi connectivity index (χ0n) is 13.1. The molecule has 0 atom stereocenters. The smallest absolute Gasteiger partial charge is 0.319 e. The van der Waals surface area contributed by atoms with E-state index in [0.29, 0.717) is 5.69 Å². The number of carbonyl (C=O) groups is 2. The number of rotatable bonds is 3. The van der Waals surface area contributed by atoms with E-state index in [1.54, 1.807) is 0 Å². The highest BCUT2D eigenvalue weighted by Gasteiger charge is 2.14. The SMILES string of the molecule is CC(C)(C)NC(=O)CNC(=O)Nc1ccc2ccccc2c1. The van der Waals surface area contributed by atoms with Gasteiger partial charge in [-0.1, -0.05) is 30.3 Å². The van der Waals surface area contributed by atoms with Crippen LogP contribution in [0.5, 0.6) is 0 Å². The number of nitrogens with one attached hydrogen (secondary N) is 3. The minimum atomic E-state index is -0.403. The van der Waals surface area contributed by atoms with Gasteiger partial charge >= 0.3 is 6.03 Å². The van der Waals surface area contributed by atoms with Crippen molar-refractivity contribution in [2.75, 3.05) is 11.9 Å². The maximum Gasteiger partial charge on any atom is 0.319 e. The molecule has 116 valence electrons. The molecule has 5 heteroatoms. The topological polar surface area (TPSA) is 70.2 Å². The summed E-state index contributed by atoms with van der Waals surface area (Å²) in [5.41, 5.74) is 0.376. The number of fused-ring (bicyclic) bond motifs is 1. The van der Waals surface area contributed by atoms with Crippen molar-refractivity contribution in [1.82, 2.24) is 10.6 Å². The van der Waals surface area contributed by atoms with Crippen LogP contribution in [0.1, 0.15) is 20.8 Å². The van der Waals surface area contributed by atoms with Gasteiger partial charge in [-0.15, -0.1) is 0 Å². The number of amides is 3. The van der Waals surface area contributed by atoms with Crippen LogP contribution >= 0.6 is 0 Å². The number of benzene rings is 2. The van der Waals surface area contributed by atoms with Crippen molar-refractivity contribution in [2.45, 2.75) is 26.3 Å². The third-order valence-electron chi connectivity index (χ3n) is 2.93. The van der Waals surface area contributed by atoms with Crippen molar-refractivity contribution < 1.29 is 9.59 Å². The molecular formula is C17H21N3O2. The Bertz CT molecular complexity index is 690. The molecule has 22 heavy (non-hydrogen) atoms. The second-order valence-electron chi connectivity index (χ2n) is 6.17. The lowest BCUT2D eigenvalue weighted by Gasteiger charge is -2.20. The highest BCUT2D eigenvalue weighted by Crippen LogP contribution is 2.18. The fraction of sp³-hybridized carbons (Fsp3) is 0.294. The van der Waals surface area contributed by atoms with Gasteiger partial charge in [-0.05, 0) is 43.7 Å². The first-order valence-corrected chi connectivity index (χ1v) is 7.18. The van der Waals surface area contributed by atoms with E-state index < -0.39 is 6.03 Å². The lowest BCUT2D eigenvalue weighted by Crippen LogP contribution is -2.46. The monoisotopic (exact) mass is 299 g/mol. The highest BCUT2D eigenvalue weighted by molar-refractivity contribution is 5.95. The molecule has 0 bridgehead atoms. The molecule has 2 rings (SSSR count). The molecule has 0 aliphatic rings. The van der Waals surface area contributed by atoms with E-state index >= 15 is 0 Å². The van der Waals surface area contributed by atoms with Crippen LogP contribution in [0.2, 0.25) is 0 Å². The molecule has 5 nitrogen and oxygen atoms in total. The largest absolute Gasteiger partial charge is 0.350 e. The van der Waals surface area contributed by atoms with E-state index in [-0.39, 0.29) is 18.0 Å². The van der Waals surface area contributed by atoms with Crippen LogP contribution in [0.25, 0.3) is 10.8 Å². The fourth-order valence-corrected chi connectivity index (χ4v) is 2.07. The van der Waals surface area contributed by atoms with Crippen molar-refractivity contribution >= 4 is 28.4 Å². The lowest BCUT2D eigenvalue weighted by atomic mass is 10.1. The molecule has 0 fully saturated rings. The molecule has 0 radical (unpaired) electrons. The average Bonchev–Trinajstić information content (AvgIpc) is 2.43. The summed E-state index contributed by atoms with van der Waals surface area (Å²) in [6.07, 6.45) is 0. The number of hydrogen-bond acceptors (Lipinski definition) is 2. The molecule has 0 aliphatic heterocycles. The minimum Gasteiger partial charge on any atom is -0.350 e. The van der Waals surface area contributed by atoms with Gasteiger partial charge in [0.1, 0.15) is 0 Å². The number of carbonyl (C=O) groups excluding carboxylic acids is 2. The van der Waals surface area contributed by atoms with E-state index in [1.165, 1.54) is 0 Å². The normalized spacial score (nSPS) is 11.0. The molecule has 2 aromatic rings. The first-order valence-electron chi connectivity index (χ1n) is 7.18. The van der Waals surface area contributed by atoms with Crippen molar-refractivity contribution in [1.29, 1.82) is 0 Å². The quantitative estimate of drug-likeness (QED) is 0.815. The van der Waals surface area contributed by atoms with Crippen molar-refractivity contribution in [2.24, 2.45) is 0 Å². The van der Waals surface area contributed by atoms with Crippen molar-refractivity contribution in [3.05, 3.63) is 42.5 Å². The third kappa shape index (κ3) is 4.77. The van der Waals surface area contributed by atoms with Crippen LogP contribution in [0.3, 0.4) is 0 Å². The lowest BCUT2D eigenvalue weighted by molar-refractivity contribution is -0.121. The van der Waals surface area contributed by atoms with Gasteiger partial charge in [0.15, 0.2) is 0 Å². The van der Waals surface area contributed by atoms with Gasteiger partial charge < -0.3 is 16.0 Å². The Kier molecular flexibility index (Phi) is 4.65. The standard InChI is InChI=1S/C17H21N3O2/c1-17(2,3)20-15(21)11-18-16(22)19-14-9-8-12-6-4-5-7-13(12)10-14/h4-10H,11H2,1-3H3,(H,20,21)(H2,18,19,22). The van der Waals surface area contributed by atoms with E-state index in [0.717, 1.165) is 10.8 Å². The summed E-state index contributed by atoms with van der Waals surface area (Å²) >= 11 is 0. The molecule has 0 aromatic heterocycles. The maximum atomic E-state index is 11.8. The summed E-state index contributed by atoms with van der Waals surface area (Å²) in [7, 11) is 0. The van der Waals surface area contributed by atoms with Crippen LogP contribution in [0.4, 0.5) is 10.5 Å². The molecule has 0 saturated carbocycles. The molecule has 0 unspecified atom stereocenters. The van der Waals surface area contributed by atoms with Crippen molar-refractivity contribution in [3.8, 4) is 0 Å². The van der Waals surface area contributed by atoms with Crippen LogP contribution in [-0.4, -0.2) is 24.0 Å². The van der Waals surface area contributed by atoms with E-state index in [2.05, 4.69) is 16.0 Å². The van der Waals surface area contributed by atoms with E-state index in [9.17, 15) is 9.59 Å². The number of anilines is 1. The minimum absolute atomic E-state index is 0.0588. The molecule has 0 heterocycles. The van der Waals surface area contributed by atoms with Gasteiger partial charge in [0.05, 0.1) is 6.54 Å². The predicted octanol–water partition coefficient (Wildman–Crippen LogP) is 2.88. The van der Waals surface area contributed by atoms with E-state index in [4.69, 9.17) is 0 Å². The Morgan fingerprint density at radius 2 is 1.68 bits per heavy atom. The predicted molar refractivity (Wildman–Crippen MR) is 88.9 cm³/mol.